The van der Waals surface area contributed by atoms with Crippen molar-refractivity contribution >= 4 is 28.1 Å². The van der Waals surface area contributed by atoms with Crippen LogP contribution in [0, 0.1) is 25.2 Å². The number of aryl methyl sites for hydroxylation is 1. The number of hydrogen-bond acceptors (Lipinski definition) is 7. The summed E-state index contributed by atoms with van der Waals surface area (Å²) in [4.78, 5) is 18.6. The molecule has 0 aliphatic heterocycles. The molecule has 0 spiro atoms. The van der Waals surface area contributed by atoms with Crippen LogP contribution in [0.25, 0.3) is 39.1 Å². The van der Waals surface area contributed by atoms with Gasteiger partial charge in [0, 0.05) is 28.2 Å². The Morgan fingerprint density at radius 1 is 0.936 bits per heavy atom. The second kappa shape index (κ2) is 12.2. The molecule has 7 aromatic rings. The van der Waals surface area contributed by atoms with Crippen molar-refractivity contribution in [2.75, 3.05) is 7.11 Å². The Hall–Kier alpha value is -6.40. The molecule has 0 aliphatic rings. The van der Waals surface area contributed by atoms with E-state index in [0.717, 1.165) is 33.6 Å². The first-order valence-electron chi connectivity index (χ1n) is 15.0. The predicted molar refractivity (Wildman–Crippen MR) is 181 cm³/mol. The maximum atomic E-state index is 13.8. The average Bonchev–Trinajstić information content (AvgIpc) is 3.67. The second-order valence-corrected chi connectivity index (χ2v) is 11.0. The fraction of sp³-hybridized carbons (Fsp3) is 0.105. The number of benzene rings is 4. The van der Waals surface area contributed by atoms with E-state index in [4.69, 9.17) is 18.9 Å². The van der Waals surface area contributed by atoms with E-state index in [1.54, 1.807) is 37.6 Å². The molecule has 0 aliphatic carbocycles. The molecule has 9 heteroatoms. The molecule has 0 unspecified atom stereocenters. The second-order valence-electron chi connectivity index (χ2n) is 11.0. The number of ether oxygens (including phenoxy) is 2. The van der Waals surface area contributed by atoms with Crippen LogP contribution in [0.5, 0.6) is 11.5 Å². The van der Waals surface area contributed by atoms with E-state index in [9.17, 15) is 10.1 Å². The Morgan fingerprint density at radius 3 is 2.53 bits per heavy atom. The van der Waals surface area contributed by atoms with Crippen LogP contribution in [0.1, 0.15) is 28.1 Å². The summed E-state index contributed by atoms with van der Waals surface area (Å²) in [6, 6.07) is 34.0. The molecule has 0 N–H and O–H groups in total. The van der Waals surface area contributed by atoms with Crippen molar-refractivity contribution in [1.82, 2.24) is 14.2 Å². The first-order chi connectivity index (χ1) is 22.9. The number of furan rings is 1. The Balaban J connectivity index is 1.22. The summed E-state index contributed by atoms with van der Waals surface area (Å²) >= 11 is 0. The van der Waals surface area contributed by atoms with Crippen LogP contribution < -0.4 is 15.0 Å². The molecule has 0 bridgehead atoms. The number of nitrogens with zero attached hydrogens (tertiary/aromatic N) is 5. The van der Waals surface area contributed by atoms with Crippen molar-refractivity contribution in [2.45, 2.75) is 20.5 Å². The molecule has 4 aromatic carbocycles. The lowest BCUT2D eigenvalue weighted by Crippen LogP contribution is -2.20. The third kappa shape index (κ3) is 5.42. The minimum absolute atomic E-state index is 0.282. The highest BCUT2D eigenvalue weighted by molar-refractivity contribution is 5.89. The van der Waals surface area contributed by atoms with Crippen molar-refractivity contribution in [3.8, 4) is 34.8 Å². The van der Waals surface area contributed by atoms with E-state index in [0.29, 0.717) is 45.9 Å². The summed E-state index contributed by atoms with van der Waals surface area (Å²) in [5.74, 6) is 2.04. The first kappa shape index (κ1) is 29.3. The lowest BCUT2D eigenvalue weighted by Gasteiger charge is -2.12. The van der Waals surface area contributed by atoms with Gasteiger partial charge in [0.15, 0.2) is 5.76 Å². The van der Waals surface area contributed by atoms with Gasteiger partial charge in [-0.05, 0) is 80.6 Å². The lowest BCUT2D eigenvalue weighted by atomic mass is 10.1. The minimum atomic E-state index is -0.309. The van der Waals surface area contributed by atoms with Gasteiger partial charge in [-0.3, -0.25) is 4.79 Å². The van der Waals surface area contributed by atoms with Gasteiger partial charge in [-0.1, -0.05) is 36.4 Å². The van der Waals surface area contributed by atoms with Gasteiger partial charge in [0.25, 0.3) is 5.56 Å². The summed E-state index contributed by atoms with van der Waals surface area (Å²) in [5, 5.41) is 15.3. The molecule has 230 valence electrons. The molecular weight excluding hydrogens is 590 g/mol. The molecule has 0 amide bonds. The van der Waals surface area contributed by atoms with Gasteiger partial charge in [-0.25, -0.2) is 4.98 Å². The summed E-state index contributed by atoms with van der Waals surface area (Å²) in [6.07, 6.45) is 1.67. The Morgan fingerprint density at radius 2 is 1.72 bits per heavy atom. The number of methoxy groups -OCH3 is 1. The highest BCUT2D eigenvalue weighted by Gasteiger charge is 2.18. The molecule has 0 fully saturated rings. The van der Waals surface area contributed by atoms with Gasteiger partial charge >= 0.3 is 0 Å². The fourth-order valence-corrected chi connectivity index (χ4v) is 5.76. The van der Waals surface area contributed by atoms with Gasteiger partial charge in [-0.15, -0.1) is 0 Å². The smallest absolute Gasteiger partial charge is 0.282 e. The molecule has 7 rings (SSSR count). The SMILES string of the molecule is COc1cccc2oc(-c3nc4ccccc4c(=O)n3N=Cc3cc(C)n(-c4ccc(OCc5ccccc5C#N)cc4)c3C)cc12. The average molecular weight is 620 g/mol. The number of rotatable bonds is 8. The van der Waals surface area contributed by atoms with Crippen LogP contribution in [0.4, 0.5) is 0 Å². The van der Waals surface area contributed by atoms with E-state index in [1.165, 1.54) is 4.68 Å². The van der Waals surface area contributed by atoms with E-state index in [-0.39, 0.29) is 11.4 Å². The van der Waals surface area contributed by atoms with Crippen LogP contribution in [0.3, 0.4) is 0 Å². The first-order valence-corrected chi connectivity index (χ1v) is 15.0. The van der Waals surface area contributed by atoms with Crippen LogP contribution in [-0.2, 0) is 6.61 Å². The van der Waals surface area contributed by atoms with E-state index >= 15 is 0 Å². The summed E-state index contributed by atoms with van der Waals surface area (Å²) in [5.41, 5.74) is 6.02. The summed E-state index contributed by atoms with van der Waals surface area (Å²) < 4.78 is 21.0. The van der Waals surface area contributed by atoms with Gasteiger partial charge in [0.1, 0.15) is 23.7 Å². The normalized spacial score (nSPS) is 11.4. The van der Waals surface area contributed by atoms with Crippen molar-refractivity contribution in [2.24, 2.45) is 5.10 Å². The predicted octanol–water partition coefficient (Wildman–Crippen LogP) is 7.56. The molecule has 0 saturated carbocycles. The third-order valence-electron chi connectivity index (χ3n) is 8.13. The van der Waals surface area contributed by atoms with Crippen molar-refractivity contribution < 1.29 is 13.9 Å². The molecule has 3 heterocycles. The van der Waals surface area contributed by atoms with E-state index in [1.807, 2.05) is 92.7 Å². The van der Waals surface area contributed by atoms with Crippen LogP contribution in [0.15, 0.2) is 117 Å². The third-order valence-corrected chi connectivity index (χ3v) is 8.13. The van der Waals surface area contributed by atoms with Crippen molar-refractivity contribution in [3.05, 3.63) is 142 Å². The van der Waals surface area contributed by atoms with Crippen molar-refractivity contribution in [1.29, 1.82) is 5.26 Å². The number of aromatic nitrogens is 3. The molecule has 0 atom stereocenters. The maximum absolute atomic E-state index is 13.8. The Labute approximate surface area is 270 Å². The highest BCUT2D eigenvalue weighted by Crippen LogP contribution is 2.33. The van der Waals surface area contributed by atoms with E-state index in [2.05, 4.69) is 15.7 Å². The number of fused-ring (bicyclic) bond motifs is 2. The molecular formula is C38H29N5O4. The maximum Gasteiger partial charge on any atom is 0.282 e. The molecule has 47 heavy (non-hydrogen) atoms. The molecule has 9 nitrogen and oxygen atoms in total. The topological polar surface area (TPSA) is 108 Å². The van der Waals surface area contributed by atoms with Gasteiger partial charge < -0.3 is 18.5 Å². The van der Waals surface area contributed by atoms with Gasteiger partial charge in [0.05, 0.1) is 41.2 Å². The summed E-state index contributed by atoms with van der Waals surface area (Å²) in [6.45, 7) is 4.33. The number of nitriles is 1. The Bertz CT molecular complexity index is 2410. The molecule has 0 saturated heterocycles. The number of para-hydroxylation sites is 1. The zero-order valence-electron chi connectivity index (χ0n) is 26.0. The van der Waals surface area contributed by atoms with Crippen LogP contribution in [-0.4, -0.2) is 27.6 Å². The standard InChI is InChI=1S/C38H29N5O4/c1-24-19-28(25(2)42(24)29-15-17-30(18-16-29)46-23-27-10-5-4-9-26(27)21-39)22-40-43-37(41-33-12-7-6-11-31(33)38(43)44)36-20-32-34(45-3)13-8-14-35(32)47-36/h4-20,22H,23H2,1-3H3. The molecule has 0 radical (unpaired) electrons. The Kier molecular flexibility index (Phi) is 7.60. The van der Waals surface area contributed by atoms with Gasteiger partial charge in [0.2, 0.25) is 5.82 Å². The zero-order valence-corrected chi connectivity index (χ0v) is 26.0. The van der Waals surface area contributed by atoms with Crippen molar-refractivity contribution in [3.63, 3.8) is 0 Å². The van der Waals surface area contributed by atoms with Gasteiger partial charge in [-0.2, -0.15) is 15.0 Å². The fourth-order valence-electron chi connectivity index (χ4n) is 5.76. The largest absolute Gasteiger partial charge is 0.496 e. The molecule has 3 aromatic heterocycles. The number of hydrogen-bond donors (Lipinski definition) is 0. The van der Waals surface area contributed by atoms with Crippen LogP contribution in [0.2, 0.25) is 0 Å². The van der Waals surface area contributed by atoms with Crippen LogP contribution >= 0.6 is 0 Å². The zero-order chi connectivity index (χ0) is 32.5. The summed E-state index contributed by atoms with van der Waals surface area (Å²) in [7, 11) is 1.60. The van der Waals surface area contributed by atoms with E-state index < -0.39 is 0 Å². The monoisotopic (exact) mass is 619 g/mol. The highest BCUT2D eigenvalue weighted by atomic mass is 16.5. The quantitative estimate of drug-likeness (QED) is 0.163. The lowest BCUT2D eigenvalue weighted by molar-refractivity contribution is 0.306. The minimum Gasteiger partial charge on any atom is -0.496 e.